The van der Waals surface area contributed by atoms with Crippen LogP contribution in [-0.2, 0) is 6.61 Å². The molecule has 5 nitrogen and oxygen atoms in total. The van der Waals surface area contributed by atoms with Gasteiger partial charge in [0.2, 0.25) is 5.88 Å². The van der Waals surface area contributed by atoms with Crippen molar-refractivity contribution in [3.63, 3.8) is 0 Å². The smallest absolute Gasteiger partial charge is 0.217 e. The molecule has 186 valence electrons. The number of para-hydroxylation sites is 1. The highest BCUT2D eigenvalue weighted by molar-refractivity contribution is 6.39. The Hall–Kier alpha value is -3.28. The first-order valence-electron chi connectivity index (χ1n) is 12.6. The molecule has 3 heterocycles. The number of nitrogens with zero attached hydrogens (tertiary/aromatic N) is 2. The van der Waals surface area contributed by atoms with E-state index >= 15 is 0 Å². The van der Waals surface area contributed by atoms with Crippen LogP contribution < -0.4 is 9.47 Å². The van der Waals surface area contributed by atoms with Gasteiger partial charge in [0, 0.05) is 22.6 Å². The second kappa shape index (κ2) is 8.93. The summed E-state index contributed by atoms with van der Waals surface area (Å²) in [4.78, 5) is 5.01. The molecule has 0 saturated heterocycles. The lowest BCUT2D eigenvalue weighted by atomic mass is 10.0. The van der Waals surface area contributed by atoms with Crippen molar-refractivity contribution in [2.75, 3.05) is 0 Å². The van der Waals surface area contributed by atoms with Crippen molar-refractivity contribution in [1.29, 1.82) is 0 Å². The van der Waals surface area contributed by atoms with Crippen LogP contribution in [0.15, 0.2) is 53.1 Å². The van der Waals surface area contributed by atoms with Crippen molar-refractivity contribution in [3.8, 4) is 28.6 Å². The Morgan fingerprint density at radius 2 is 1.68 bits per heavy atom. The second-order valence-electron chi connectivity index (χ2n) is 10.0. The first-order chi connectivity index (χ1) is 18.1. The van der Waals surface area contributed by atoms with Crippen LogP contribution in [0.3, 0.4) is 0 Å². The van der Waals surface area contributed by atoms with Crippen LogP contribution in [0.2, 0.25) is 10.0 Å². The predicted octanol–water partition coefficient (Wildman–Crippen LogP) is 8.86. The zero-order chi connectivity index (χ0) is 25.1. The summed E-state index contributed by atoms with van der Waals surface area (Å²) in [7, 11) is 0. The number of halogens is 2. The van der Waals surface area contributed by atoms with Crippen molar-refractivity contribution in [3.05, 3.63) is 86.7 Å². The number of aromatic nitrogens is 2. The lowest BCUT2D eigenvalue weighted by molar-refractivity contribution is 0.286. The fraction of sp³-hybridized carbons (Fsp3) is 0.267. The Morgan fingerprint density at radius 1 is 0.919 bits per heavy atom. The number of allylic oxidation sites excluding steroid dienone is 1. The molecule has 0 amide bonds. The number of ether oxygens (including phenoxy) is 2. The normalized spacial score (nSPS) is 16.4. The highest BCUT2D eigenvalue weighted by atomic mass is 35.5. The molecular weight excluding hydrogens is 507 g/mol. The number of benzene rings is 2. The van der Waals surface area contributed by atoms with Crippen LogP contribution in [0.25, 0.3) is 22.9 Å². The Kier molecular flexibility index (Phi) is 5.52. The molecule has 7 heteroatoms. The first kappa shape index (κ1) is 22.9. The van der Waals surface area contributed by atoms with Crippen LogP contribution in [-0.4, -0.2) is 10.1 Å². The summed E-state index contributed by atoms with van der Waals surface area (Å²) in [5.74, 6) is 3.85. The van der Waals surface area contributed by atoms with Crippen molar-refractivity contribution >= 4 is 34.9 Å². The molecular formula is C30H24Cl2N2O3. The van der Waals surface area contributed by atoms with Crippen molar-refractivity contribution in [1.82, 2.24) is 10.1 Å². The van der Waals surface area contributed by atoms with E-state index < -0.39 is 0 Å². The van der Waals surface area contributed by atoms with Crippen LogP contribution in [0.4, 0.5) is 0 Å². The van der Waals surface area contributed by atoms with E-state index in [0.29, 0.717) is 39.0 Å². The maximum Gasteiger partial charge on any atom is 0.217 e. The second-order valence-corrected chi connectivity index (χ2v) is 10.8. The summed E-state index contributed by atoms with van der Waals surface area (Å²) in [5, 5.41) is 5.43. The first-order valence-corrected chi connectivity index (χ1v) is 13.4. The molecule has 2 fully saturated rings. The Bertz CT molecular complexity index is 1550. The van der Waals surface area contributed by atoms with Gasteiger partial charge >= 0.3 is 0 Å². The van der Waals surface area contributed by atoms with Gasteiger partial charge in [-0.05, 0) is 74.4 Å². The molecule has 2 saturated carbocycles. The molecule has 0 spiro atoms. The molecule has 7 rings (SSSR count). The quantitative estimate of drug-likeness (QED) is 0.249. The lowest BCUT2D eigenvalue weighted by Crippen LogP contribution is -2.05. The fourth-order valence-electron chi connectivity index (χ4n) is 4.94. The summed E-state index contributed by atoms with van der Waals surface area (Å²) in [6, 6.07) is 15.6. The average Bonchev–Trinajstić information content (AvgIpc) is 3.81. The van der Waals surface area contributed by atoms with Gasteiger partial charge in [-0.2, -0.15) is 0 Å². The topological polar surface area (TPSA) is 57.4 Å². The van der Waals surface area contributed by atoms with Gasteiger partial charge in [0.25, 0.3) is 0 Å². The molecule has 0 radical (unpaired) electrons. The van der Waals surface area contributed by atoms with Crippen LogP contribution >= 0.6 is 23.2 Å². The van der Waals surface area contributed by atoms with Gasteiger partial charge in [-0.1, -0.05) is 52.6 Å². The van der Waals surface area contributed by atoms with Crippen LogP contribution in [0, 0.1) is 12.8 Å². The number of fused-ring (bicyclic) bond motifs is 2. The molecule has 0 bridgehead atoms. The Morgan fingerprint density at radius 3 is 2.43 bits per heavy atom. The third-order valence-electron chi connectivity index (χ3n) is 7.19. The van der Waals surface area contributed by atoms with E-state index in [1.807, 2.05) is 37.3 Å². The average molecular weight is 531 g/mol. The Balaban J connectivity index is 1.26. The number of aryl methyl sites for hydroxylation is 1. The standard InChI is InChI=1S/C30H24Cl2N2O3/c1-16-13-25-27(20(17-9-10-17)14-19-5-2-3-8-24(19)36-25)33-30(16)35-15-21-28(34-37-29(21)18-11-12-18)26-22(31)6-4-7-23(26)32/h2-8,13-14,17-18H,9-12,15H2,1H3. The fourth-order valence-corrected chi connectivity index (χ4v) is 5.52. The van der Waals surface area contributed by atoms with E-state index in [9.17, 15) is 0 Å². The molecule has 2 aromatic carbocycles. The zero-order valence-corrected chi connectivity index (χ0v) is 21.8. The van der Waals surface area contributed by atoms with E-state index in [2.05, 4.69) is 17.3 Å². The maximum absolute atomic E-state index is 6.53. The summed E-state index contributed by atoms with van der Waals surface area (Å²) in [6.07, 6.45) is 6.68. The van der Waals surface area contributed by atoms with E-state index in [1.54, 1.807) is 12.1 Å². The molecule has 37 heavy (non-hydrogen) atoms. The van der Waals surface area contributed by atoms with Gasteiger partial charge in [-0.15, -0.1) is 0 Å². The highest BCUT2D eigenvalue weighted by Crippen LogP contribution is 2.49. The van der Waals surface area contributed by atoms with Gasteiger partial charge in [0.05, 0.1) is 15.6 Å². The minimum absolute atomic E-state index is 0.252. The van der Waals surface area contributed by atoms with Crippen molar-refractivity contribution in [2.24, 2.45) is 5.92 Å². The molecule has 2 aromatic heterocycles. The van der Waals surface area contributed by atoms with E-state index in [1.165, 1.54) is 5.57 Å². The highest BCUT2D eigenvalue weighted by Gasteiger charge is 2.35. The number of pyridine rings is 1. The molecule has 3 aliphatic rings. The SMILES string of the molecule is Cc1cc2c(nc1OCc1c(-c3c(Cl)cccc3Cl)noc1C1CC1)C(C1CC1)=Cc1ccccc1O2. The molecule has 2 aliphatic carbocycles. The molecule has 0 unspecified atom stereocenters. The summed E-state index contributed by atoms with van der Waals surface area (Å²) < 4.78 is 18.5. The number of hydrogen-bond acceptors (Lipinski definition) is 5. The zero-order valence-electron chi connectivity index (χ0n) is 20.3. The van der Waals surface area contributed by atoms with E-state index in [4.69, 9.17) is 42.2 Å². The van der Waals surface area contributed by atoms with Gasteiger partial charge in [0.15, 0.2) is 5.75 Å². The number of hydrogen-bond donors (Lipinski definition) is 0. The minimum atomic E-state index is 0.252. The van der Waals surface area contributed by atoms with E-state index in [-0.39, 0.29) is 6.61 Å². The van der Waals surface area contributed by atoms with Crippen LogP contribution in [0.5, 0.6) is 17.4 Å². The van der Waals surface area contributed by atoms with Crippen LogP contribution in [0.1, 0.15) is 59.7 Å². The summed E-state index contributed by atoms with van der Waals surface area (Å²) in [5.41, 5.74) is 6.19. The van der Waals surface area contributed by atoms with Gasteiger partial charge in [-0.3, -0.25) is 0 Å². The molecule has 0 atom stereocenters. The molecule has 1 aliphatic heterocycles. The van der Waals surface area contributed by atoms with Gasteiger partial charge < -0.3 is 14.0 Å². The third-order valence-corrected chi connectivity index (χ3v) is 7.82. The summed E-state index contributed by atoms with van der Waals surface area (Å²) >= 11 is 13.1. The summed E-state index contributed by atoms with van der Waals surface area (Å²) in [6.45, 7) is 2.24. The van der Waals surface area contributed by atoms with Gasteiger partial charge in [0.1, 0.15) is 29.5 Å². The Labute approximate surface area is 225 Å². The van der Waals surface area contributed by atoms with Crippen molar-refractivity contribution < 1.29 is 14.0 Å². The monoisotopic (exact) mass is 530 g/mol. The largest absolute Gasteiger partial charge is 0.472 e. The number of rotatable bonds is 6. The third kappa shape index (κ3) is 4.20. The van der Waals surface area contributed by atoms with Gasteiger partial charge in [-0.25, -0.2) is 4.98 Å². The minimum Gasteiger partial charge on any atom is -0.472 e. The molecule has 4 aromatic rings. The van der Waals surface area contributed by atoms with E-state index in [0.717, 1.165) is 65.3 Å². The van der Waals surface area contributed by atoms with Crippen molar-refractivity contribution in [2.45, 2.75) is 45.1 Å². The lowest BCUT2D eigenvalue weighted by Gasteiger charge is -2.15. The molecule has 0 N–H and O–H groups in total. The predicted molar refractivity (Wildman–Crippen MR) is 144 cm³/mol. The maximum atomic E-state index is 6.53.